The molecule has 0 aliphatic carbocycles. The SMILES string of the molecule is CC(=O)CCOCC1CCCCN(C(C)C)C1. The van der Waals surface area contributed by atoms with Gasteiger partial charge in [-0.25, -0.2) is 0 Å². The fraction of sp³-hybridized carbons (Fsp3) is 0.929. The van der Waals surface area contributed by atoms with Gasteiger partial charge in [0.1, 0.15) is 5.78 Å². The first-order valence-corrected chi connectivity index (χ1v) is 6.91. The van der Waals surface area contributed by atoms with Gasteiger partial charge >= 0.3 is 0 Å². The van der Waals surface area contributed by atoms with E-state index in [0.717, 1.165) is 13.2 Å². The molecule has 100 valence electrons. The summed E-state index contributed by atoms with van der Waals surface area (Å²) in [5, 5.41) is 0. The van der Waals surface area contributed by atoms with Gasteiger partial charge in [-0.1, -0.05) is 6.42 Å². The van der Waals surface area contributed by atoms with Crippen molar-refractivity contribution in [3.8, 4) is 0 Å². The average Bonchev–Trinajstić information content (AvgIpc) is 2.49. The van der Waals surface area contributed by atoms with Crippen molar-refractivity contribution in [1.82, 2.24) is 4.90 Å². The monoisotopic (exact) mass is 241 g/mol. The fourth-order valence-electron chi connectivity index (χ4n) is 2.33. The van der Waals surface area contributed by atoms with Crippen molar-refractivity contribution in [3.05, 3.63) is 0 Å². The lowest BCUT2D eigenvalue weighted by Gasteiger charge is -2.27. The number of Topliss-reactive ketones (excluding diaryl/α,β-unsaturated/α-hetero) is 1. The van der Waals surface area contributed by atoms with E-state index in [1.807, 2.05) is 0 Å². The Balaban J connectivity index is 2.24. The Bertz CT molecular complexity index is 228. The van der Waals surface area contributed by atoms with Crippen molar-refractivity contribution in [2.45, 2.75) is 52.5 Å². The maximum atomic E-state index is 10.8. The van der Waals surface area contributed by atoms with Gasteiger partial charge in [-0.15, -0.1) is 0 Å². The van der Waals surface area contributed by atoms with Gasteiger partial charge in [-0.2, -0.15) is 0 Å². The molecule has 1 atom stereocenters. The standard InChI is InChI=1S/C14H27NO2/c1-12(2)15-8-5-4-6-14(10-15)11-17-9-7-13(3)16/h12,14H,4-11H2,1-3H3. The minimum Gasteiger partial charge on any atom is -0.381 e. The number of carbonyl (C=O) groups excluding carboxylic acids is 1. The summed E-state index contributed by atoms with van der Waals surface area (Å²) in [7, 11) is 0. The predicted molar refractivity (Wildman–Crippen MR) is 70.2 cm³/mol. The van der Waals surface area contributed by atoms with E-state index in [1.165, 1.54) is 25.8 Å². The molecule has 17 heavy (non-hydrogen) atoms. The summed E-state index contributed by atoms with van der Waals surface area (Å²) >= 11 is 0. The number of ketones is 1. The first-order chi connectivity index (χ1) is 8.09. The normalized spacial score (nSPS) is 22.7. The highest BCUT2D eigenvalue weighted by molar-refractivity contribution is 5.75. The molecule has 1 saturated heterocycles. The molecule has 1 aliphatic heterocycles. The van der Waals surface area contributed by atoms with E-state index < -0.39 is 0 Å². The lowest BCUT2D eigenvalue weighted by atomic mass is 10.0. The van der Waals surface area contributed by atoms with E-state index in [9.17, 15) is 4.79 Å². The van der Waals surface area contributed by atoms with Crippen LogP contribution in [0.4, 0.5) is 0 Å². The summed E-state index contributed by atoms with van der Waals surface area (Å²) in [6, 6.07) is 0.632. The molecule has 1 rings (SSSR count). The molecule has 1 unspecified atom stereocenters. The second-order valence-corrected chi connectivity index (χ2v) is 5.48. The van der Waals surface area contributed by atoms with Crippen LogP contribution in [0, 0.1) is 5.92 Å². The summed E-state index contributed by atoms with van der Waals surface area (Å²) < 4.78 is 5.62. The highest BCUT2D eigenvalue weighted by Crippen LogP contribution is 2.18. The Morgan fingerprint density at radius 3 is 2.82 bits per heavy atom. The molecule has 0 aromatic carbocycles. The molecular formula is C14H27NO2. The van der Waals surface area contributed by atoms with Crippen LogP contribution < -0.4 is 0 Å². The molecule has 3 heteroatoms. The van der Waals surface area contributed by atoms with Crippen LogP contribution >= 0.6 is 0 Å². The van der Waals surface area contributed by atoms with Crippen LogP contribution in [-0.4, -0.2) is 43.0 Å². The Morgan fingerprint density at radius 1 is 1.41 bits per heavy atom. The highest BCUT2D eigenvalue weighted by Gasteiger charge is 2.19. The van der Waals surface area contributed by atoms with E-state index in [1.54, 1.807) is 6.92 Å². The molecule has 0 radical (unpaired) electrons. The smallest absolute Gasteiger partial charge is 0.132 e. The average molecular weight is 241 g/mol. The maximum Gasteiger partial charge on any atom is 0.132 e. The molecule has 0 saturated carbocycles. The second kappa shape index (κ2) is 7.83. The first-order valence-electron chi connectivity index (χ1n) is 6.91. The third kappa shape index (κ3) is 6.18. The zero-order chi connectivity index (χ0) is 12.7. The van der Waals surface area contributed by atoms with E-state index in [2.05, 4.69) is 18.7 Å². The van der Waals surface area contributed by atoms with Crippen LogP contribution in [-0.2, 0) is 9.53 Å². The Labute approximate surface area is 106 Å². The maximum absolute atomic E-state index is 10.8. The van der Waals surface area contributed by atoms with Crippen LogP contribution in [0.3, 0.4) is 0 Å². The van der Waals surface area contributed by atoms with Crippen LogP contribution in [0.25, 0.3) is 0 Å². The Morgan fingerprint density at radius 2 is 2.18 bits per heavy atom. The van der Waals surface area contributed by atoms with Gasteiger partial charge in [0.05, 0.1) is 13.2 Å². The van der Waals surface area contributed by atoms with Gasteiger partial charge in [0.2, 0.25) is 0 Å². The molecule has 3 nitrogen and oxygen atoms in total. The highest BCUT2D eigenvalue weighted by atomic mass is 16.5. The lowest BCUT2D eigenvalue weighted by Crippen LogP contribution is -2.35. The summed E-state index contributed by atoms with van der Waals surface area (Å²) in [5.74, 6) is 0.863. The van der Waals surface area contributed by atoms with Crippen molar-refractivity contribution >= 4 is 5.78 Å². The van der Waals surface area contributed by atoms with Gasteiger partial charge in [0.15, 0.2) is 0 Å². The van der Waals surface area contributed by atoms with Crippen molar-refractivity contribution in [2.75, 3.05) is 26.3 Å². The van der Waals surface area contributed by atoms with Crippen LogP contribution in [0.15, 0.2) is 0 Å². The molecule has 1 fully saturated rings. The number of likely N-dealkylation sites (tertiary alicyclic amines) is 1. The zero-order valence-corrected chi connectivity index (χ0v) is 11.6. The van der Waals surface area contributed by atoms with Crippen molar-refractivity contribution in [3.63, 3.8) is 0 Å². The summed E-state index contributed by atoms with van der Waals surface area (Å²) in [4.78, 5) is 13.4. The van der Waals surface area contributed by atoms with Crippen molar-refractivity contribution in [2.24, 2.45) is 5.92 Å². The summed E-state index contributed by atoms with van der Waals surface area (Å²) in [6.07, 6.45) is 4.44. The van der Waals surface area contributed by atoms with Crippen molar-refractivity contribution in [1.29, 1.82) is 0 Å². The van der Waals surface area contributed by atoms with Gasteiger partial charge in [-0.3, -0.25) is 4.79 Å². The first kappa shape index (κ1) is 14.7. The zero-order valence-electron chi connectivity index (χ0n) is 11.6. The second-order valence-electron chi connectivity index (χ2n) is 5.48. The molecule has 0 N–H and O–H groups in total. The summed E-state index contributed by atoms with van der Waals surface area (Å²) in [5.41, 5.74) is 0. The third-order valence-electron chi connectivity index (χ3n) is 3.48. The topological polar surface area (TPSA) is 29.5 Å². The molecule has 0 bridgehead atoms. The van der Waals surface area contributed by atoms with E-state index in [0.29, 0.717) is 25.0 Å². The van der Waals surface area contributed by atoms with E-state index >= 15 is 0 Å². The molecular weight excluding hydrogens is 214 g/mol. The van der Waals surface area contributed by atoms with Crippen LogP contribution in [0.1, 0.15) is 46.5 Å². The van der Waals surface area contributed by atoms with E-state index in [-0.39, 0.29) is 5.78 Å². The number of hydrogen-bond donors (Lipinski definition) is 0. The number of rotatable bonds is 6. The van der Waals surface area contributed by atoms with Gasteiger partial charge in [-0.05, 0) is 46.1 Å². The molecule has 0 amide bonds. The molecule has 1 heterocycles. The van der Waals surface area contributed by atoms with Crippen molar-refractivity contribution < 1.29 is 9.53 Å². The molecule has 1 aliphatic rings. The molecule has 0 spiro atoms. The number of nitrogens with zero attached hydrogens (tertiary/aromatic N) is 1. The molecule has 0 aromatic heterocycles. The third-order valence-corrected chi connectivity index (χ3v) is 3.48. The lowest BCUT2D eigenvalue weighted by molar-refractivity contribution is -0.118. The number of ether oxygens (including phenoxy) is 1. The van der Waals surface area contributed by atoms with Gasteiger partial charge in [0, 0.05) is 19.0 Å². The minimum absolute atomic E-state index is 0.217. The molecule has 0 aromatic rings. The fourth-order valence-corrected chi connectivity index (χ4v) is 2.33. The Hall–Kier alpha value is -0.410. The minimum atomic E-state index is 0.217. The van der Waals surface area contributed by atoms with Gasteiger partial charge in [0.25, 0.3) is 0 Å². The van der Waals surface area contributed by atoms with Crippen LogP contribution in [0.5, 0.6) is 0 Å². The number of hydrogen-bond acceptors (Lipinski definition) is 3. The number of carbonyl (C=O) groups is 1. The Kier molecular flexibility index (Phi) is 6.75. The predicted octanol–water partition coefficient (Wildman–Crippen LogP) is 2.49. The quantitative estimate of drug-likeness (QED) is 0.669. The summed E-state index contributed by atoms with van der Waals surface area (Å²) in [6.45, 7) is 9.93. The largest absolute Gasteiger partial charge is 0.381 e. The van der Waals surface area contributed by atoms with E-state index in [4.69, 9.17) is 4.74 Å². The van der Waals surface area contributed by atoms with Gasteiger partial charge < -0.3 is 9.64 Å². The van der Waals surface area contributed by atoms with Crippen LogP contribution in [0.2, 0.25) is 0 Å².